The van der Waals surface area contributed by atoms with Crippen molar-refractivity contribution in [2.24, 2.45) is 5.18 Å². The highest BCUT2D eigenvalue weighted by Crippen LogP contribution is 1.64. The average Bonchev–Trinajstić information content (AvgIpc) is 1.41. The Morgan fingerprint density at radius 1 is 1.80 bits per heavy atom. The Balaban J connectivity index is 2.92. The first-order chi connectivity index (χ1) is 2.41. The molecule has 0 heterocycles. The van der Waals surface area contributed by atoms with E-state index in [9.17, 15) is 0 Å². The molecule has 0 radical (unpaired) electrons. The van der Waals surface area contributed by atoms with E-state index >= 15 is 0 Å². The van der Waals surface area contributed by atoms with E-state index in [0.717, 1.165) is 0 Å². The minimum absolute atomic E-state index is 1.19. The van der Waals surface area contributed by atoms with Crippen LogP contribution in [0.1, 0.15) is 6.92 Å². The molecular weight excluding hydrogens is 66.0 g/mol. The number of allylic oxidation sites excluding steroid dienone is 1. The van der Waals surface area contributed by atoms with Gasteiger partial charge in [0.1, 0.15) is 0 Å². The Bertz CT molecular complexity index is 48.9. The molecule has 0 N–H and O–H groups in total. The van der Waals surface area contributed by atoms with Crippen LogP contribution >= 0.6 is 0 Å². The van der Waals surface area contributed by atoms with Crippen LogP contribution in [0.25, 0.3) is 0 Å². The zero-order valence-electron chi connectivity index (χ0n) is 3.01. The molecule has 0 atom stereocenters. The summed E-state index contributed by atoms with van der Waals surface area (Å²) in [6, 6.07) is 0. The molecule has 0 aliphatic heterocycles. The number of rotatable bonds is 1. The van der Waals surface area contributed by atoms with Gasteiger partial charge in [-0.05, 0) is 12.1 Å². The maximum atomic E-state index is 9.07. The fourth-order valence-corrected chi connectivity index (χ4v) is 0.0609. The predicted octanol–water partition coefficient (Wildman–Crippen LogP) is 1.29. The van der Waals surface area contributed by atoms with E-state index in [1.54, 1.807) is 13.0 Å². The molecule has 0 unspecified atom stereocenters. The van der Waals surface area contributed by atoms with Crippen molar-refractivity contribution < 1.29 is 0 Å². The summed E-state index contributed by atoms with van der Waals surface area (Å²) in [5.74, 6) is 0. The van der Waals surface area contributed by atoms with Gasteiger partial charge in [-0.1, -0.05) is 6.08 Å². The van der Waals surface area contributed by atoms with Crippen LogP contribution in [0.3, 0.4) is 0 Å². The molecule has 0 bridgehead atoms. The minimum atomic E-state index is 1.19. The molecular formula is C3H5NO. The molecule has 0 amide bonds. The quantitative estimate of drug-likeness (QED) is 0.428. The van der Waals surface area contributed by atoms with Gasteiger partial charge in [0.25, 0.3) is 0 Å². The van der Waals surface area contributed by atoms with E-state index < -0.39 is 0 Å². The molecule has 0 aliphatic carbocycles. The monoisotopic (exact) mass is 71.0 g/mol. The van der Waals surface area contributed by atoms with Crippen LogP contribution in [0.5, 0.6) is 0 Å². The van der Waals surface area contributed by atoms with E-state index in [2.05, 4.69) is 5.18 Å². The van der Waals surface area contributed by atoms with Crippen molar-refractivity contribution in [3.8, 4) is 0 Å². The molecule has 0 aromatic heterocycles. The molecule has 0 rings (SSSR count). The smallest absolute Gasteiger partial charge is 0.0672 e. The van der Waals surface area contributed by atoms with Gasteiger partial charge in [0.05, 0.1) is 6.20 Å². The van der Waals surface area contributed by atoms with Gasteiger partial charge in [-0.3, -0.25) is 0 Å². The third-order valence-electron chi connectivity index (χ3n) is 0.210. The van der Waals surface area contributed by atoms with Gasteiger partial charge in [-0.25, -0.2) is 0 Å². The van der Waals surface area contributed by atoms with Crippen LogP contribution in [-0.4, -0.2) is 0 Å². The normalized spacial score (nSPS) is 9.00. The summed E-state index contributed by atoms with van der Waals surface area (Å²) in [5, 5.41) is 2.42. The van der Waals surface area contributed by atoms with Gasteiger partial charge in [0, 0.05) is 0 Å². The summed E-state index contributed by atoms with van der Waals surface area (Å²) < 4.78 is 0. The Kier molecular flexibility index (Phi) is 2.90. The number of nitroso groups, excluding NO2 is 1. The van der Waals surface area contributed by atoms with E-state index in [0.29, 0.717) is 0 Å². The molecule has 0 saturated carbocycles. The number of nitrogens with zero attached hydrogens (tertiary/aromatic N) is 1. The van der Waals surface area contributed by atoms with Crippen LogP contribution in [0.15, 0.2) is 17.5 Å². The van der Waals surface area contributed by atoms with Gasteiger partial charge in [-0.15, -0.1) is 4.91 Å². The van der Waals surface area contributed by atoms with E-state index in [-0.39, 0.29) is 0 Å². The molecule has 0 aromatic carbocycles. The summed E-state index contributed by atoms with van der Waals surface area (Å²) in [6.07, 6.45) is 2.77. The molecule has 0 saturated heterocycles. The van der Waals surface area contributed by atoms with Crippen molar-refractivity contribution in [2.45, 2.75) is 6.92 Å². The van der Waals surface area contributed by atoms with Crippen LogP contribution < -0.4 is 0 Å². The number of hydrogen-bond donors (Lipinski definition) is 0. The first kappa shape index (κ1) is 4.34. The fraction of sp³-hybridized carbons (Fsp3) is 0.333. The third-order valence-corrected chi connectivity index (χ3v) is 0.210. The second-order valence-electron chi connectivity index (χ2n) is 0.588. The lowest BCUT2D eigenvalue weighted by molar-refractivity contribution is 1.50. The summed E-state index contributed by atoms with van der Waals surface area (Å²) >= 11 is 0. The number of hydrogen-bond acceptors (Lipinski definition) is 2. The van der Waals surface area contributed by atoms with Crippen LogP contribution in [0.2, 0.25) is 0 Å². The van der Waals surface area contributed by atoms with Gasteiger partial charge in [0.15, 0.2) is 0 Å². The average molecular weight is 71.1 g/mol. The lowest BCUT2D eigenvalue weighted by Gasteiger charge is -1.50. The van der Waals surface area contributed by atoms with Crippen molar-refractivity contribution in [3.63, 3.8) is 0 Å². The summed E-state index contributed by atoms with van der Waals surface area (Å²) in [7, 11) is 0. The summed E-state index contributed by atoms with van der Waals surface area (Å²) in [5.41, 5.74) is 0. The highest BCUT2D eigenvalue weighted by molar-refractivity contribution is 4.71. The standard InChI is InChI=1S/C3H5NO/c1-2-3-4-5/h2-3H,1H3/b3-2+. The van der Waals surface area contributed by atoms with Gasteiger partial charge in [0.2, 0.25) is 0 Å². The second-order valence-corrected chi connectivity index (χ2v) is 0.588. The van der Waals surface area contributed by atoms with E-state index in [1.807, 2.05) is 0 Å². The maximum Gasteiger partial charge on any atom is 0.0672 e. The molecule has 0 spiro atoms. The van der Waals surface area contributed by atoms with Crippen LogP contribution in [0, 0.1) is 4.91 Å². The molecule has 0 aliphatic rings. The van der Waals surface area contributed by atoms with Crippen molar-refractivity contribution in [2.75, 3.05) is 0 Å². The van der Waals surface area contributed by atoms with Gasteiger partial charge in [-0.2, -0.15) is 0 Å². The zero-order valence-corrected chi connectivity index (χ0v) is 3.01. The topological polar surface area (TPSA) is 29.4 Å². The Morgan fingerprint density at radius 2 is 2.40 bits per heavy atom. The van der Waals surface area contributed by atoms with Crippen molar-refractivity contribution in [3.05, 3.63) is 17.2 Å². The molecule has 0 aromatic rings. The molecule has 5 heavy (non-hydrogen) atoms. The van der Waals surface area contributed by atoms with E-state index in [4.69, 9.17) is 4.91 Å². The van der Waals surface area contributed by atoms with Gasteiger partial charge >= 0.3 is 0 Å². The lowest BCUT2D eigenvalue weighted by Crippen LogP contribution is -1.33. The van der Waals surface area contributed by atoms with Gasteiger partial charge < -0.3 is 0 Å². The molecule has 2 nitrogen and oxygen atoms in total. The first-order valence-electron chi connectivity index (χ1n) is 1.35. The lowest BCUT2D eigenvalue weighted by atomic mass is 10.7. The molecule has 2 heteroatoms. The van der Waals surface area contributed by atoms with E-state index in [1.165, 1.54) is 6.20 Å². The summed E-state index contributed by atoms with van der Waals surface area (Å²) in [6.45, 7) is 1.74. The molecule has 28 valence electrons. The van der Waals surface area contributed by atoms with Crippen molar-refractivity contribution >= 4 is 0 Å². The maximum absolute atomic E-state index is 9.07. The van der Waals surface area contributed by atoms with Crippen molar-refractivity contribution in [1.82, 2.24) is 0 Å². The zero-order chi connectivity index (χ0) is 4.12. The Morgan fingerprint density at radius 3 is 2.40 bits per heavy atom. The highest BCUT2D eigenvalue weighted by atomic mass is 16.2. The SMILES string of the molecule is C/C=C/N=O. The molecule has 0 fully saturated rings. The van der Waals surface area contributed by atoms with Crippen LogP contribution in [0.4, 0.5) is 0 Å². The van der Waals surface area contributed by atoms with Crippen LogP contribution in [-0.2, 0) is 0 Å². The largest absolute Gasteiger partial charge is 0.145 e. The first-order valence-corrected chi connectivity index (χ1v) is 1.35. The Hall–Kier alpha value is -0.660. The minimum Gasteiger partial charge on any atom is -0.145 e. The predicted molar refractivity (Wildman–Crippen MR) is 20.6 cm³/mol. The Labute approximate surface area is 30.5 Å². The fourth-order valence-electron chi connectivity index (χ4n) is 0.0609. The second kappa shape index (κ2) is 3.34. The highest BCUT2D eigenvalue weighted by Gasteiger charge is 1.47. The van der Waals surface area contributed by atoms with Crippen molar-refractivity contribution in [1.29, 1.82) is 0 Å². The third kappa shape index (κ3) is 3.34. The summed E-state index contributed by atoms with van der Waals surface area (Å²) in [4.78, 5) is 9.07.